The van der Waals surface area contributed by atoms with Crippen LogP contribution in [0.1, 0.15) is 17.2 Å². The highest BCUT2D eigenvalue weighted by Crippen LogP contribution is 2.27. The van der Waals surface area contributed by atoms with Crippen LogP contribution in [0.4, 0.5) is 0 Å². The van der Waals surface area contributed by atoms with E-state index >= 15 is 0 Å². The van der Waals surface area contributed by atoms with E-state index in [1.165, 1.54) is 0 Å². The Morgan fingerprint density at radius 3 is 2.37 bits per heavy atom. The van der Waals surface area contributed by atoms with Gasteiger partial charge in [0.25, 0.3) is 0 Å². The number of aliphatic carboxylic acids is 1. The first-order valence-electron chi connectivity index (χ1n) is 6.11. The predicted octanol–water partition coefficient (Wildman–Crippen LogP) is 3.38. The van der Waals surface area contributed by atoms with Gasteiger partial charge in [0.05, 0.1) is 0 Å². The fourth-order valence-corrected chi connectivity index (χ4v) is 2.35. The highest BCUT2D eigenvalue weighted by atomic mass is 16.4. The van der Waals surface area contributed by atoms with E-state index in [4.69, 9.17) is 0 Å². The molecule has 3 heteroatoms. The third-order valence-electron chi connectivity index (χ3n) is 3.24. The number of benzene rings is 2. The first-order valence-corrected chi connectivity index (χ1v) is 6.11. The number of rotatable bonds is 3. The van der Waals surface area contributed by atoms with Crippen LogP contribution in [0.15, 0.2) is 60.7 Å². The zero-order chi connectivity index (χ0) is 13.2. The van der Waals surface area contributed by atoms with Crippen molar-refractivity contribution in [1.82, 2.24) is 4.98 Å². The standard InChI is InChI=1S/C16H13NO2/c18-16(19)15(11-6-2-1-3-7-11)14-10-12-8-4-5-9-13(12)17-14/h1-10,15,17H,(H,18,19). The first-order chi connectivity index (χ1) is 9.25. The summed E-state index contributed by atoms with van der Waals surface area (Å²) >= 11 is 0. The Bertz CT molecular complexity index is 683. The van der Waals surface area contributed by atoms with Gasteiger partial charge in [0.2, 0.25) is 0 Å². The number of para-hydroxylation sites is 1. The van der Waals surface area contributed by atoms with Gasteiger partial charge in [-0.25, -0.2) is 0 Å². The summed E-state index contributed by atoms with van der Waals surface area (Å²) in [5.41, 5.74) is 2.45. The number of aromatic nitrogens is 1. The monoisotopic (exact) mass is 251 g/mol. The summed E-state index contributed by atoms with van der Waals surface area (Å²) in [6.07, 6.45) is 0. The van der Waals surface area contributed by atoms with E-state index in [2.05, 4.69) is 4.98 Å². The molecule has 0 saturated carbocycles. The molecule has 0 saturated heterocycles. The van der Waals surface area contributed by atoms with Crippen molar-refractivity contribution in [3.8, 4) is 0 Å². The van der Waals surface area contributed by atoms with E-state index in [1.807, 2.05) is 60.7 Å². The van der Waals surface area contributed by atoms with Gasteiger partial charge in [-0.1, -0.05) is 48.5 Å². The van der Waals surface area contributed by atoms with Crippen LogP contribution in [0.25, 0.3) is 10.9 Å². The van der Waals surface area contributed by atoms with Gasteiger partial charge in [0, 0.05) is 11.2 Å². The topological polar surface area (TPSA) is 53.1 Å². The average molecular weight is 251 g/mol. The van der Waals surface area contributed by atoms with Crippen LogP contribution in [-0.4, -0.2) is 16.1 Å². The lowest BCUT2D eigenvalue weighted by atomic mass is 9.96. The summed E-state index contributed by atoms with van der Waals surface area (Å²) in [5, 5.41) is 10.5. The van der Waals surface area contributed by atoms with Crippen LogP contribution in [0.3, 0.4) is 0 Å². The molecule has 1 heterocycles. The van der Waals surface area contributed by atoms with E-state index in [1.54, 1.807) is 0 Å². The zero-order valence-corrected chi connectivity index (χ0v) is 10.2. The molecule has 3 aromatic rings. The maximum absolute atomic E-state index is 11.6. The number of hydrogen-bond acceptors (Lipinski definition) is 1. The van der Waals surface area contributed by atoms with Crippen molar-refractivity contribution in [3.05, 3.63) is 71.9 Å². The van der Waals surface area contributed by atoms with Gasteiger partial charge in [-0.15, -0.1) is 0 Å². The van der Waals surface area contributed by atoms with E-state index < -0.39 is 11.9 Å². The van der Waals surface area contributed by atoms with Crippen molar-refractivity contribution in [2.45, 2.75) is 5.92 Å². The number of H-pyrrole nitrogens is 1. The molecule has 2 aromatic carbocycles. The van der Waals surface area contributed by atoms with Crippen molar-refractivity contribution in [1.29, 1.82) is 0 Å². The summed E-state index contributed by atoms with van der Waals surface area (Å²) in [4.78, 5) is 14.8. The Labute approximate surface area is 110 Å². The fraction of sp³-hybridized carbons (Fsp3) is 0.0625. The molecule has 0 aliphatic rings. The van der Waals surface area contributed by atoms with Crippen LogP contribution in [0, 0.1) is 0 Å². The summed E-state index contributed by atoms with van der Waals surface area (Å²) in [7, 11) is 0. The number of carbonyl (C=O) groups is 1. The Morgan fingerprint density at radius 1 is 1.00 bits per heavy atom. The van der Waals surface area contributed by atoms with E-state index in [0.29, 0.717) is 5.69 Å². The predicted molar refractivity (Wildman–Crippen MR) is 74.2 cm³/mol. The highest BCUT2D eigenvalue weighted by molar-refractivity contribution is 5.85. The Hall–Kier alpha value is -2.55. The summed E-state index contributed by atoms with van der Waals surface area (Å²) in [5.74, 6) is -1.51. The van der Waals surface area contributed by atoms with Crippen LogP contribution in [-0.2, 0) is 4.79 Å². The second-order valence-corrected chi connectivity index (χ2v) is 4.49. The molecule has 1 aromatic heterocycles. The smallest absolute Gasteiger partial charge is 0.317 e. The lowest BCUT2D eigenvalue weighted by molar-refractivity contribution is -0.137. The molecule has 2 N–H and O–H groups in total. The minimum Gasteiger partial charge on any atom is -0.480 e. The molecule has 1 atom stereocenters. The normalized spacial score (nSPS) is 12.4. The highest BCUT2D eigenvalue weighted by Gasteiger charge is 2.23. The van der Waals surface area contributed by atoms with Crippen molar-refractivity contribution in [3.63, 3.8) is 0 Å². The number of carboxylic acid groups (broad SMARTS) is 1. The SMILES string of the molecule is O=C(O)C(c1ccccc1)c1cc2ccccc2[nH]1. The van der Waals surface area contributed by atoms with E-state index in [9.17, 15) is 9.90 Å². The summed E-state index contributed by atoms with van der Waals surface area (Å²) < 4.78 is 0. The Morgan fingerprint density at radius 2 is 1.68 bits per heavy atom. The van der Waals surface area contributed by atoms with Gasteiger partial charge < -0.3 is 10.1 Å². The molecule has 0 bridgehead atoms. The van der Waals surface area contributed by atoms with Gasteiger partial charge in [-0.2, -0.15) is 0 Å². The lowest BCUT2D eigenvalue weighted by Gasteiger charge is -2.10. The molecule has 19 heavy (non-hydrogen) atoms. The number of fused-ring (bicyclic) bond motifs is 1. The first kappa shape index (κ1) is 11.5. The third-order valence-corrected chi connectivity index (χ3v) is 3.24. The summed E-state index contributed by atoms with van der Waals surface area (Å²) in [6, 6.07) is 19.0. The molecule has 94 valence electrons. The van der Waals surface area contributed by atoms with Crippen LogP contribution < -0.4 is 0 Å². The van der Waals surface area contributed by atoms with Crippen molar-refractivity contribution < 1.29 is 9.90 Å². The minimum absolute atomic E-state index is 0.659. The quantitative estimate of drug-likeness (QED) is 0.749. The molecule has 0 amide bonds. The minimum atomic E-state index is -0.849. The molecule has 0 spiro atoms. The molecular formula is C16H13NO2. The Kier molecular flexibility index (Phi) is 2.80. The molecule has 0 fully saturated rings. The molecule has 0 radical (unpaired) electrons. The summed E-state index contributed by atoms with van der Waals surface area (Å²) in [6.45, 7) is 0. The van der Waals surface area contributed by atoms with Crippen molar-refractivity contribution in [2.75, 3.05) is 0 Å². The van der Waals surface area contributed by atoms with Gasteiger partial charge in [-0.3, -0.25) is 4.79 Å². The van der Waals surface area contributed by atoms with Gasteiger partial charge in [0.1, 0.15) is 5.92 Å². The number of carboxylic acids is 1. The van der Waals surface area contributed by atoms with Crippen molar-refractivity contribution >= 4 is 16.9 Å². The second-order valence-electron chi connectivity index (χ2n) is 4.49. The van der Waals surface area contributed by atoms with Crippen LogP contribution in [0.5, 0.6) is 0 Å². The average Bonchev–Trinajstić information content (AvgIpc) is 2.82. The molecule has 0 aliphatic carbocycles. The maximum Gasteiger partial charge on any atom is 0.317 e. The van der Waals surface area contributed by atoms with Crippen LogP contribution >= 0.6 is 0 Å². The maximum atomic E-state index is 11.6. The molecule has 0 aliphatic heterocycles. The second kappa shape index (κ2) is 4.61. The molecule has 3 rings (SSSR count). The van der Waals surface area contributed by atoms with E-state index in [-0.39, 0.29) is 0 Å². The third kappa shape index (κ3) is 2.10. The molecular weight excluding hydrogens is 238 g/mol. The van der Waals surface area contributed by atoms with Gasteiger partial charge >= 0.3 is 5.97 Å². The fourth-order valence-electron chi connectivity index (χ4n) is 2.35. The molecule has 3 nitrogen and oxygen atoms in total. The van der Waals surface area contributed by atoms with Crippen molar-refractivity contribution in [2.24, 2.45) is 0 Å². The number of hydrogen-bond donors (Lipinski definition) is 2. The van der Waals surface area contributed by atoms with E-state index in [0.717, 1.165) is 16.5 Å². The van der Waals surface area contributed by atoms with Crippen LogP contribution in [0.2, 0.25) is 0 Å². The lowest BCUT2D eigenvalue weighted by Crippen LogP contribution is -2.13. The number of aromatic amines is 1. The Balaban J connectivity index is 2.12. The van der Waals surface area contributed by atoms with Gasteiger partial charge in [0.15, 0.2) is 0 Å². The number of nitrogens with one attached hydrogen (secondary N) is 1. The zero-order valence-electron chi connectivity index (χ0n) is 10.2. The van der Waals surface area contributed by atoms with Gasteiger partial charge in [-0.05, 0) is 23.1 Å². The largest absolute Gasteiger partial charge is 0.480 e. The molecule has 1 unspecified atom stereocenters.